The van der Waals surface area contributed by atoms with E-state index in [9.17, 15) is 39.6 Å². The molecule has 2 aliphatic carbocycles. The quantitative estimate of drug-likeness (QED) is 0.187. The average molecular weight is 579 g/mol. The molecule has 3 fully saturated rings. The Hall–Kier alpha value is -2.76. The Morgan fingerprint density at radius 3 is 2.27 bits per heavy atom. The highest BCUT2D eigenvalue weighted by molar-refractivity contribution is 5.90. The molecule has 0 aromatic heterocycles. The molecule has 0 bridgehead atoms. The summed E-state index contributed by atoms with van der Waals surface area (Å²) in [5.74, 6) is -6.66. The first-order chi connectivity index (χ1) is 19.2. The van der Waals surface area contributed by atoms with Crippen molar-refractivity contribution in [3.05, 3.63) is 23.3 Å². The van der Waals surface area contributed by atoms with Gasteiger partial charge in [-0.15, -0.1) is 0 Å². The van der Waals surface area contributed by atoms with E-state index in [4.69, 9.17) is 14.2 Å². The molecule has 2 aliphatic heterocycles. The van der Waals surface area contributed by atoms with Crippen molar-refractivity contribution in [3.8, 4) is 0 Å². The zero-order valence-electron chi connectivity index (χ0n) is 24.1. The normalized spacial score (nSPS) is 37.5. The summed E-state index contributed by atoms with van der Waals surface area (Å²) in [5.41, 5.74) is -3.37. The molecule has 0 spiro atoms. The van der Waals surface area contributed by atoms with Crippen molar-refractivity contribution in [1.82, 2.24) is 0 Å². The van der Waals surface area contributed by atoms with Crippen LogP contribution in [0, 0.1) is 47.3 Å². The van der Waals surface area contributed by atoms with Gasteiger partial charge in [0, 0.05) is 0 Å². The summed E-state index contributed by atoms with van der Waals surface area (Å²) < 4.78 is 15.9. The number of cyclic esters (lactones) is 2. The summed E-state index contributed by atoms with van der Waals surface area (Å²) in [6, 6.07) is 0. The zero-order valence-corrected chi connectivity index (χ0v) is 24.1. The fourth-order valence-corrected chi connectivity index (χ4v) is 7.45. The number of aliphatic hydroxyl groups is 3. The highest BCUT2D eigenvalue weighted by atomic mass is 16.6. The van der Waals surface area contributed by atoms with Crippen LogP contribution in [0.15, 0.2) is 23.3 Å². The van der Waals surface area contributed by atoms with Gasteiger partial charge in [0.1, 0.15) is 31.0 Å². The molecule has 41 heavy (non-hydrogen) atoms. The predicted molar refractivity (Wildman–Crippen MR) is 143 cm³/mol. The van der Waals surface area contributed by atoms with Gasteiger partial charge in [-0.05, 0) is 61.2 Å². The lowest BCUT2D eigenvalue weighted by molar-refractivity contribution is -0.181. The molecule has 2 saturated carbocycles. The molecule has 0 amide bonds. The van der Waals surface area contributed by atoms with Gasteiger partial charge < -0.3 is 34.6 Å². The summed E-state index contributed by atoms with van der Waals surface area (Å²) >= 11 is 0. The van der Waals surface area contributed by atoms with E-state index in [-0.39, 0.29) is 47.8 Å². The van der Waals surface area contributed by atoms with Gasteiger partial charge in [0.25, 0.3) is 0 Å². The van der Waals surface area contributed by atoms with Crippen LogP contribution in [0.1, 0.15) is 53.4 Å². The summed E-state index contributed by atoms with van der Waals surface area (Å²) in [6.45, 7) is 6.09. The van der Waals surface area contributed by atoms with Crippen molar-refractivity contribution >= 4 is 23.9 Å². The van der Waals surface area contributed by atoms with Gasteiger partial charge in [-0.2, -0.15) is 0 Å². The lowest BCUT2D eigenvalue weighted by atomic mass is 9.61. The first kappa shape index (κ1) is 31.2. The lowest BCUT2D eigenvalue weighted by Crippen LogP contribution is -2.55. The van der Waals surface area contributed by atoms with Crippen molar-refractivity contribution in [2.75, 3.05) is 26.4 Å². The van der Waals surface area contributed by atoms with E-state index < -0.39 is 78.6 Å². The Morgan fingerprint density at radius 2 is 1.66 bits per heavy atom. The number of hydrogen-bond donors (Lipinski definition) is 4. The third kappa shape index (κ3) is 5.94. The number of fused-ring (bicyclic) bond motifs is 2. The summed E-state index contributed by atoms with van der Waals surface area (Å²) in [4.78, 5) is 50.7. The fourth-order valence-electron chi connectivity index (χ4n) is 7.45. The number of hydrogen-bond acceptors (Lipinski definition) is 10. The van der Waals surface area contributed by atoms with E-state index in [0.717, 1.165) is 0 Å². The first-order valence-corrected chi connectivity index (χ1v) is 14.4. The van der Waals surface area contributed by atoms with Gasteiger partial charge in [-0.3, -0.25) is 9.59 Å². The topological polar surface area (TPSA) is 177 Å². The summed E-state index contributed by atoms with van der Waals surface area (Å²) in [5, 5.41) is 42.5. The molecular formula is C30H42O11. The van der Waals surface area contributed by atoms with Crippen molar-refractivity contribution in [2.24, 2.45) is 47.3 Å². The predicted octanol–water partition coefficient (Wildman–Crippen LogP) is 1.63. The Bertz CT molecular complexity index is 1120. The number of ether oxygens (including phenoxy) is 3. The average Bonchev–Trinajstić information content (AvgIpc) is 3.09. The first-order valence-electron chi connectivity index (χ1n) is 14.4. The molecule has 0 aromatic carbocycles. The number of esters is 3. The molecule has 4 aliphatic rings. The van der Waals surface area contributed by atoms with Gasteiger partial charge in [0.15, 0.2) is 0 Å². The second-order valence-corrected chi connectivity index (χ2v) is 12.8. The molecule has 1 saturated heterocycles. The number of carboxylic acid groups (broad SMARTS) is 1. The van der Waals surface area contributed by atoms with Gasteiger partial charge >= 0.3 is 23.9 Å². The second-order valence-electron chi connectivity index (χ2n) is 12.8. The number of carbonyl (C=O) groups is 4. The highest BCUT2D eigenvalue weighted by Gasteiger charge is 2.58. The van der Waals surface area contributed by atoms with Gasteiger partial charge in [0.05, 0.1) is 29.6 Å². The molecule has 0 aromatic rings. The van der Waals surface area contributed by atoms with Crippen LogP contribution in [0.3, 0.4) is 0 Å². The lowest BCUT2D eigenvalue weighted by Gasteiger charge is -2.46. The Morgan fingerprint density at radius 1 is 1.02 bits per heavy atom. The molecule has 4 rings (SSSR count). The highest BCUT2D eigenvalue weighted by Crippen LogP contribution is 2.50. The van der Waals surface area contributed by atoms with Crippen molar-refractivity contribution < 1.29 is 53.8 Å². The number of aliphatic carboxylic acids is 1. The molecule has 8 atom stereocenters. The summed E-state index contributed by atoms with van der Waals surface area (Å²) in [7, 11) is 0. The number of allylic oxidation sites excluding steroid dienone is 2. The second kappa shape index (κ2) is 11.9. The molecule has 0 radical (unpaired) electrons. The smallest absolute Gasteiger partial charge is 0.336 e. The molecular weight excluding hydrogens is 536 g/mol. The minimum absolute atomic E-state index is 0.0625. The van der Waals surface area contributed by atoms with E-state index in [2.05, 4.69) is 0 Å². The monoisotopic (exact) mass is 578 g/mol. The van der Waals surface area contributed by atoms with Crippen LogP contribution in [0.25, 0.3) is 0 Å². The third-order valence-corrected chi connectivity index (χ3v) is 9.74. The van der Waals surface area contributed by atoms with E-state index in [0.29, 0.717) is 19.3 Å². The molecule has 2 heterocycles. The zero-order chi connectivity index (χ0) is 30.3. The maximum atomic E-state index is 13.2. The third-order valence-electron chi connectivity index (χ3n) is 9.74. The van der Waals surface area contributed by atoms with Crippen molar-refractivity contribution in [2.45, 2.75) is 64.6 Å². The molecule has 4 N–H and O–H groups in total. The number of rotatable bonds is 8. The van der Waals surface area contributed by atoms with Gasteiger partial charge in [-0.25, -0.2) is 9.59 Å². The Balaban J connectivity index is 1.59. The van der Waals surface area contributed by atoms with Gasteiger partial charge in [-0.1, -0.05) is 39.8 Å². The molecule has 11 nitrogen and oxygen atoms in total. The summed E-state index contributed by atoms with van der Waals surface area (Å²) in [6.07, 6.45) is 4.55. The molecule has 228 valence electrons. The minimum atomic E-state index is -1.82. The van der Waals surface area contributed by atoms with Crippen LogP contribution in [0.5, 0.6) is 0 Å². The van der Waals surface area contributed by atoms with Crippen molar-refractivity contribution in [3.63, 3.8) is 0 Å². The maximum Gasteiger partial charge on any atom is 0.336 e. The largest absolute Gasteiger partial charge is 0.478 e. The Labute approximate surface area is 239 Å². The van der Waals surface area contributed by atoms with Crippen LogP contribution in [0.2, 0.25) is 0 Å². The molecule has 11 heteroatoms. The van der Waals surface area contributed by atoms with E-state index in [1.807, 2.05) is 27.7 Å². The van der Waals surface area contributed by atoms with Crippen LogP contribution >= 0.6 is 0 Å². The van der Waals surface area contributed by atoms with Crippen LogP contribution < -0.4 is 0 Å². The van der Waals surface area contributed by atoms with Crippen LogP contribution in [0.4, 0.5) is 0 Å². The van der Waals surface area contributed by atoms with E-state index in [1.165, 1.54) is 12.2 Å². The Kier molecular flexibility index (Phi) is 9.01. The number of carboxylic acids is 1. The number of carbonyl (C=O) groups excluding carboxylic acids is 3. The standard InChI is InChI=1S/C30H42O11/c1-15(2)19-5-8-30(38)14-41-28(36)24(30)21(19)9-17(11-31)26(34)40-13-29(37)7-6-20(16(3)4)22-10-18(25(32)33)12-39-27(35)23(22)29/h9-10,15-16,19-24,31,37-38H,5-8,11-14H2,1-4H3,(H,32,33)/t19-,20-,21-,22-,23-,24-,29-,30-/m1/s1. The van der Waals surface area contributed by atoms with Gasteiger partial charge in [0.2, 0.25) is 0 Å². The number of aliphatic hydroxyl groups excluding tert-OH is 1. The SMILES string of the molecule is CC(C)[C@H]1CC[C@@](O)(COC(=O)C(=C[C@@H]2[C@@H](C(C)C)CC[C@@]3(O)COC(=O)[C@@H]23)CO)[C@H]2C(=O)OCC(C(=O)O)=C[C@H]12. The van der Waals surface area contributed by atoms with Crippen LogP contribution in [-0.4, -0.2) is 81.9 Å². The maximum absolute atomic E-state index is 13.2. The molecule has 0 unspecified atom stereocenters. The van der Waals surface area contributed by atoms with E-state index in [1.54, 1.807) is 0 Å². The van der Waals surface area contributed by atoms with E-state index >= 15 is 0 Å². The minimum Gasteiger partial charge on any atom is -0.478 e. The fraction of sp³-hybridized carbons (Fsp3) is 0.733. The van der Waals surface area contributed by atoms with Crippen molar-refractivity contribution in [1.29, 1.82) is 0 Å². The van der Waals surface area contributed by atoms with Crippen LogP contribution in [-0.2, 0) is 33.4 Å².